The first kappa shape index (κ1) is 14.1. The van der Waals surface area contributed by atoms with Gasteiger partial charge >= 0.3 is 0 Å². The van der Waals surface area contributed by atoms with E-state index in [9.17, 15) is 0 Å². The van der Waals surface area contributed by atoms with E-state index >= 15 is 0 Å². The van der Waals surface area contributed by atoms with Crippen LogP contribution in [0.25, 0.3) is 0 Å². The minimum absolute atomic E-state index is 0.656. The van der Waals surface area contributed by atoms with Crippen molar-refractivity contribution in [2.45, 2.75) is 13.0 Å². The second-order valence-electron chi connectivity index (χ2n) is 3.35. The Bertz CT molecular complexity index is 354. The summed E-state index contributed by atoms with van der Waals surface area (Å²) in [7, 11) is 1.94. The number of furan rings is 1. The number of thioether (sulfide) groups is 1. The molecule has 0 saturated heterocycles. The maximum Gasteiger partial charge on any atom is 0.185 e. The van der Waals surface area contributed by atoms with Gasteiger partial charge in [-0.3, -0.25) is 0 Å². The number of hydrogen-bond donors (Lipinski definition) is 0. The Balaban J connectivity index is 2.51. The molecule has 1 rings (SSSR count). The van der Waals surface area contributed by atoms with Crippen molar-refractivity contribution < 1.29 is 4.42 Å². The Morgan fingerprint density at radius 2 is 2.47 bits per heavy atom. The Morgan fingerprint density at radius 1 is 1.65 bits per heavy atom. The van der Waals surface area contributed by atoms with Crippen LogP contribution in [-0.2, 0) is 6.54 Å². The fraction of sp³-hybridized carbons (Fsp3) is 0.455. The zero-order valence-electron chi connectivity index (χ0n) is 9.80. The highest BCUT2D eigenvalue weighted by Gasteiger charge is 2.09. The number of alkyl halides is 1. The van der Waals surface area contributed by atoms with Crippen LogP contribution in [-0.4, -0.2) is 35.5 Å². The van der Waals surface area contributed by atoms with Gasteiger partial charge in [-0.25, -0.2) is 0 Å². The van der Waals surface area contributed by atoms with Gasteiger partial charge in [-0.1, -0.05) is 11.8 Å². The number of hydrogen-bond acceptors (Lipinski definition) is 4. The third-order valence-corrected chi connectivity index (χ3v) is 3.38. The van der Waals surface area contributed by atoms with Gasteiger partial charge in [-0.15, -0.1) is 16.7 Å². The molecule has 1 aromatic rings. The molecule has 6 heteroatoms. The second kappa shape index (κ2) is 8.20. The van der Waals surface area contributed by atoms with Gasteiger partial charge in [0.15, 0.2) is 5.17 Å². The van der Waals surface area contributed by atoms with E-state index in [2.05, 4.69) is 16.9 Å². The van der Waals surface area contributed by atoms with E-state index < -0.39 is 0 Å². The summed E-state index contributed by atoms with van der Waals surface area (Å²) >= 11 is 7.26. The lowest BCUT2D eigenvalue weighted by atomic mass is 10.4. The molecule has 17 heavy (non-hydrogen) atoms. The van der Waals surface area contributed by atoms with Crippen LogP contribution in [0.4, 0.5) is 0 Å². The van der Waals surface area contributed by atoms with E-state index in [1.807, 2.05) is 24.1 Å². The van der Waals surface area contributed by atoms with E-state index in [1.54, 1.807) is 18.0 Å². The molecule has 1 heterocycles. The van der Waals surface area contributed by atoms with Crippen molar-refractivity contribution in [2.75, 3.05) is 18.7 Å². The Labute approximate surface area is 111 Å². The largest absolute Gasteiger partial charge is 0.467 e. The zero-order valence-corrected chi connectivity index (χ0v) is 11.4. The molecule has 0 fully saturated rings. The van der Waals surface area contributed by atoms with Crippen LogP contribution in [0.3, 0.4) is 0 Å². The van der Waals surface area contributed by atoms with Crippen molar-refractivity contribution in [3.8, 4) is 0 Å². The third-order valence-electron chi connectivity index (χ3n) is 1.97. The van der Waals surface area contributed by atoms with Crippen LogP contribution in [0, 0.1) is 0 Å². The highest BCUT2D eigenvalue weighted by molar-refractivity contribution is 8.13. The molecule has 0 spiro atoms. The molecule has 0 amide bonds. The molecule has 0 radical (unpaired) electrons. The molecule has 1 aromatic heterocycles. The van der Waals surface area contributed by atoms with Crippen LogP contribution in [0.15, 0.2) is 33.0 Å². The van der Waals surface area contributed by atoms with Crippen LogP contribution >= 0.6 is 23.4 Å². The monoisotopic (exact) mass is 273 g/mol. The maximum absolute atomic E-state index is 5.64. The van der Waals surface area contributed by atoms with Gasteiger partial charge in [0.1, 0.15) is 5.76 Å². The fourth-order valence-electron chi connectivity index (χ4n) is 1.20. The van der Waals surface area contributed by atoms with Crippen molar-refractivity contribution in [1.29, 1.82) is 0 Å². The van der Waals surface area contributed by atoms with Crippen LogP contribution in [0.1, 0.15) is 12.2 Å². The summed E-state index contributed by atoms with van der Waals surface area (Å²) in [6.07, 6.45) is 2.60. The Morgan fingerprint density at radius 3 is 3.06 bits per heavy atom. The SMILES string of the molecule is C=N/N=C(/SCCCCl)N(C)Cc1ccco1. The van der Waals surface area contributed by atoms with Crippen molar-refractivity contribution >= 4 is 35.2 Å². The molecule has 0 saturated carbocycles. The first-order chi connectivity index (χ1) is 8.27. The summed E-state index contributed by atoms with van der Waals surface area (Å²) in [5, 5.41) is 8.41. The highest BCUT2D eigenvalue weighted by atomic mass is 35.5. The lowest BCUT2D eigenvalue weighted by Gasteiger charge is -2.18. The molecular formula is C11H16ClN3OS. The van der Waals surface area contributed by atoms with Gasteiger partial charge in [0.2, 0.25) is 0 Å². The van der Waals surface area contributed by atoms with E-state index in [4.69, 9.17) is 16.0 Å². The quantitative estimate of drug-likeness (QED) is 0.263. The van der Waals surface area contributed by atoms with E-state index in [0.29, 0.717) is 12.4 Å². The summed E-state index contributed by atoms with van der Waals surface area (Å²) in [4.78, 5) is 1.98. The summed E-state index contributed by atoms with van der Waals surface area (Å²) < 4.78 is 5.28. The molecule has 0 aliphatic heterocycles. The van der Waals surface area contributed by atoms with Gasteiger partial charge in [0.25, 0.3) is 0 Å². The van der Waals surface area contributed by atoms with E-state index in [0.717, 1.165) is 23.1 Å². The van der Waals surface area contributed by atoms with Gasteiger partial charge in [0, 0.05) is 25.4 Å². The molecule has 4 nitrogen and oxygen atoms in total. The lowest BCUT2D eigenvalue weighted by molar-refractivity contribution is 0.414. The number of amidine groups is 1. The highest BCUT2D eigenvalue weighted by Crippen LogP contribution is 2.13. The molecule has 0 bridgehead atoms. The number of nitrogens with zero attached hydrogens (tertiary/aromatic N) is 3. The van der Waals surface area contributed by atoms with Crippen LogP contribution in [0.5, 0.6) is 0 Å². The number of rotatable bonds is 6. The van der Waals surface area contributed by atoms with Gasteiger partial charge in [-0.2, -0.15) is 5.10 Å². The summed E-state index contributed by atoms with van der Waals surface area (Å²) in [6.45, 7) is 4.04. The minimum atomic E-state index is 0.656. The van der Waals surface area contributed by atoms with Gasteiger partial charge < -0.3 is 9.32 Å². The summed E-state index contributed by atoms with van der Waals surface area (Å²) in [6, 6.07) is 3.80. The summed E-state index contributed by atoms with van der Waals surface area (Å²) in [5.41, 5.74) is 0. The maximum atomic E-state index is 5.64. The third kappa shape index (κ3) is 5.28. The second-order valence-corrected chi connectivity index (χ2v) is 4.79. The van der Waals surface area contributed by atoms with Gasteiger partial charge in [0.05, 0.1) is 12.8 Å². The predicted molar refractivity (Wildman–Crippen MR) is 75.0 cm³/mol. The van der Waals surface area contributed by atoms with E-state index in [1.165, 1.54) is 0 Å². The molecule has 0 aliphatic carbocycles. The first-order valence-corrected chi connectivity index (χ1v) is 6.76. The summed E-state index contributed by atoms with van der Waals surface area (Å²) in [5.74, 6) is 2.46. The molecule has 0 atom stereocenters. The average Bonchev–Trinajstić information content (AvgIpc) is 2.81. The molecule has 0 aliphatic rings. The molecule has 94 valence electrons. The smallest absolute Gasteiger partial charge is 0.185 e. The van der Waals surface area contributed by atoms with Crippen molar-refractivity contribution in [3.05, 3.63) is 24.2 Å². The van der Waals surface area contributed by atoms with Gasteiger partial charge in [-0.05, 0) is 18.6 Å². The molecule has 0 unspecified atom stereocenters. The van der Waals surface area contributed by atoms with Crippen LogP contribution < -0.4 is 0 Å². The molecular weight excluding hydrogens is 258 g/mol. The minimum Gasteiger partial charge on any atom is -0.467 e. The Kier molecular flexibility index (Phi) is 6.81. The van der Waals surface area contributed by atoms with Crippen LogP contribution in [0.2, 0.25) is 0 Å². The predicted octanol–water partition coefficient (Wildman–Crippen LogP) is 3.05. The van der Waals surface area contributed by atoms with Crippen molar-refractivity contribution in [2.24, 2.45) is 10.2 Å². The number of halogens is 1. The Hall–Kier alpha value is -0.940. The molecule has 0 N–H and O–H groups in total. The topological polar surface area (TPSA) is 41.1 Å². The zero-order chi connectivity index (χ0) is 12.5. The lowest BCUT2D eigenvalue weighted by Crippen LogP contribution is -2.23. The normalized spacial score (nSPS) is 11.5. The standard InChI is InChI=1S/C11H16ClN3OS/c1-13-14-11(17-8-4-6-12)15(2)9-10-5-3-7-16-10/h3,5,7H,1,4,6,8-9H2,2H3/b14-11+. The average molecular weight is 274 g/mol. The van der Waals surface area contributed by atoms with Crippen molar-refractivity contribution in [3.63, 3.8) is 0 Å². The first-order valence-electron chi connectivity index (χ1n) is 5.24. The van der Waals surface area contributed by atoms with E-state index in [-0.39, 0.29) is 0 Å². The fourth-order valence-corrected chi connectivity index (χ4v) is 2.36. The molecule has 0 aromatic carbocycles. The van der Waals surface area contributed by atoms with Crippen molar-refractivity contribution in [1.82, 2.24) is 4.90 Å².